The van der Waals surface area contributed by atoms with Gasteiger partial charge in [0.1, 0.15) is 23.8 Å². The van der Waals surface area contributed by atoms with E-state index >= 15 is 0 Å². The summed E-state index contributed by atoms with van der Waals surface area (Å²) in [4.78, 5) is 47.1. The third kappa shape index (κ3) is 3.95. The van der Waals surface area contributed by atoms with Crippen LogP contribution in [0.4, 0.5) is 4.79 Å². The number of carbonyl (C=O) groups excluding carboxylic acids is 3. The molecule has 1 saturated heterocycles. The van der Waals surface area contributed by atoms with Crippen molar-refractivity contribution in [3.63, 3.8) is 0 Å². The predicted molar refractivity (Wildman–Crippen MR) is 135 cm³/mol. The van der Waals surface area contributed by atoms with Crippen molar-refractivity contribution in [2.45, 2.75) is 18.7 Å². The van der Waals surface area contributed by atoms with Gasteiger partial charge in [-0.25, -0.2) is 9.69 Å². The molecule has 4 amide bonds. The van der Waals surface area contributed by atoms with Crippen LogP contribution in [0.2, 0.25) is 0 Å². The van der Waals surface area contributed by atoms with E-state index < -0.39 is 17.5 Å². The summed E-state index contributed by atoms with van der Waals surface area (Å²) in [5, 5.41) is 3.48. The molecule has 10 heteroatoms. The van der Waals surface area contributed by atoms with E-state index in [0.29, 0.717) is 22.3 Å². The van der Waals surface area contributed by atoms with Crippen LogP contribution in [0.3, 0.4) is 0 Å². The van der Waals surface area contributed by atoms with E-state index in [4.69, 9.17) is 13.9 Å². The Hall–Kier alpha value is -4.70. The number of fused-ring (bicyclic) bond motifs is 2. The summed E-state index contributed by atoms with van der Waals surface area (Å²) >= 11 is 0. The maximum atomic E-state index is 14.0. The maximum absolute atomic E-state index is 14.0. The number of pyridine rings is 1. The minimum absolute atomic E-state index is 0.129. The van der Waals surface area contributed by atoms with Gasteiger partial charge in [-0.05, 0) is 35.4 Å². The molecule has 0 saturated carbocycles. The highest BCUT2D eigenvalue weighted by Crippen LogP contribution is 2.37. The number of rotatable bonds is 8. The second-order valence-corrected chi connectivity index (χ2v) is 9.24. The molecule has 2 aromatic heterocycles. The number of hydrogen-bond donors (Lipinski definition) is 1. The minimum atomic E-state index is -1.64. The zero-order valence-corrected chi connectivity index (χ0v) is 20.5. The minimum Gasteiger partial charge on any atom is -0.497 e. The SMILES string of the molecule is COc1ccc2c(c1)C(=O)N(C[C@@]1(c3cc4cnccc4o3)NC(=O)N(COCc3ccccc3)C1=O)C2. The summed E-state index contributed by atoms with van der Waals surface area (Å²) in [5.41, 5.74) is 1.07. The quantitative estimate of drug-likeness (QED) is 0.360. The molecule has 1 atom stereocenters. The lowest BCUT2D eigenvalue weighted by Gasteiger charge is -2.29. The highest BCUT2D eigenvalue weighted by molar-refractivity contribution is 6.08. The Labute approximate surface area is 217 Å². The van der Waals surface area contributed by atoms with E-state index in [1.54, 1.807) is 36.7 Å². The molecule has 2 aromatic carbocycles. The summed E-state index contributed by atoms with van der Waals surface area (Å²) in [6, 6.07) is 17.5. The van der Waals surface area contributed by atoms with Gasteiger partial charge in [-0.15, -0.1) is 0 Å². The smallest absolute Gasteiger partial charge is 0.327 e. The molecule has 0 unspecified atom stereocenters. The summed E-state index contributed by atoms with van der Waals surface area (Å²) < 4.78 is 17.0. The first kappa shape index (κ1) is 23.7. The predicted octanol–water partition coefficient (Wildman–Crippen LogP) is 3.41. The average molecular weight is 513 g/mol. The molecule has 10 nitrogen and oxygen atoms in total. The van der Waals surface area contributed by atoms with Gasteiger partial charge in [0.05, 0.1) is 20.3 Å². The molecule has 1 fully saturated rings. The zero-order valence-electron chi connectivity index (χ0n) is 20.5. The number of aromatic nitrogens is 1. The van der Waals surface area contributed by atoms with Gasteiger partial charge in [0.2, 0.25) is 0 Å². The largest absolute Gasteiger partial charge is 0.497 e. The molecule has 6 rings (SSSR count). The van der Waals surface area contributed by atoms with Crippen LogP contribution >= 0.6 is 0 Å². The standard InChI is InChI=1S/C28H24N4O6/c1-36-21-8-7-19-14-31(25(33)22(19)12-21)16-28(24-11-20-13-29-10-9-23(20)38-24)26(34)32(27(35)30-28)17-37-15-18-5-3-2-4-6-18/h2-13H,14-17H2,1H3,(H,30,35)/t28-/m0/s1. The van der Waals surface area contributed by atoms with Crippen LogP contribution in [0.25, 0.3) is 11.0 Å². The van der Waals surface area contributed by atoms with Gasteiger partial charge in [-0.1, -0.05) is 36.4 Å². The molecule has 4 heterocycles. The Morgan fingerprint density at radius 2 is 1.92 bits per heavy atom. The number of methoxy groups -OCH3 is 1. The lowest BCUT2D eigenvalue weighted by atomic mass is 9.95. The molecule has 0 aliphatic carbocycles. The molecule has 4 aromatic rings. The van der Waals surface area contributed by atoms with Crippen LogP contribution in [0, 0.1) is 0 Å². The molecular formula is C28H24N4O6. The third-order valence-electron chi connectivity index (χ3n) is 6.87. The van der Waals surface area contributed by atoms with Gasteiger partial charge in [-0.3, -0.25) is 14.6 Å². The fourth-order valence-corrected chi connectivity index (χ4v) is 4.90. The summed E-state index contributed by atoms with van der Waals surface area (Å²) in [5.74, 6) is -0.0584. The number of hydrogen-bond acceptors (Lipinski definition) is 7. The number of urea groups is 1. The van der Waals surface area contributed by atoms with Crippen LogP contribution in [0.1, 0.15) is 27.2 Å². The summed E-state index contributed by atoms with van der Waals surface area (Å²) in [6.07, 6.45) is 3.19. The van der Waals surface area contributed by atoms with Crippen LogP contribution in [0.5, 0.6) is 5.75 Å². The molecule has 1 N–H and O–H groups in total. The van der Waals surface area contributed by atoms with Crippen LogP contribution < -0.4 is 10.1 Å². The van der Waals surface area contributed by atoms with Crippen molar-refractivity contribution in [1.29, 1.82) is 0 Å². The Balaban J connectivity index is 1.31. The topological polar surface area (TPSA) is 114 Å². The Morgan fingerprint density at radius 1 is 1.08 bits per heavy atom. The van der Waals surface area contributed by atoms with Gasteiger partial charge in [0.25, 0.3) is 11.8 Å². The van der Waals surface area contributed by atoms with Gasteiger partial charge in [-0.2, -0.15) is 0 Å². The molecule has 38 heavy (non-hydrogen) atoms. The normalized spacial score (nSPS) is 18.8. The van der Waals surface area contributed by atoms with Gasteiger partial charge >= 0.3 is 6.03 Å². The highest BCUT2D eigenvalue weighted by Gasteiger charge is 2.56. The Morgan fingerprint density at radius 3 is 2.71 bits per heavy atom. The van der Waals surface area contributed by atoms with Gasteiger partial charge in [0.15, 0.2) is 5.54 Å². The molecule has 0 bridgehead atoms. The van der Waals surface area contributed by atoms with E-state index in [1.807, 2.05) is 36.4 Å². The van der Waals surface area contributed by atoms with Gasteiger partial charge < -0.3 is 24.1 Å². The van der Waals surface area contributed by atoms with E-state index in [-0.39, 0.29) is 38.1 Å². The first-order valence-corrected chi connectivity index (χ1v) is 12.0. The zero-order chi connectivity index (χ0) is 26.3. The van der Waals surface area contributed by atoms with Crippen molar-refractivity contribution in [3.05, 3.63) is 95.5 Å². The lowest BCUT2D eigenvalue weighted by molar-refractivity contribution is -0.136. The van der Waals surface area contributed by atoms with Crippen LogP contribution in [-0.4, -0.2) is 53.0 Å². The number of carbonyl (C=O) groups is 3. The molecule has 0 radical (unpaired) electrons. The first-order valence-electron chi connectivity index (χ1n) is 12.0. The Kier molecular flexibility index (Phi) is 5.80. The van der Waals surface area contributed by atoms with Crippen molar-refractivity contribution >= 4 is 28.8 Å². The lowest BCUT2D eigenvalue weighted by Crippen LogP contribution is -2.52. The van der Waals surface area contributed by atoms with Crippen LogP contribution in [-0.2, 0) is 28.2 Å². The number of furan rings is 1. The first-order chi connectivity index (χ1) is 18.5. The number of nitrogens with one attached hydrogen (secondary N) is 1. The number of nitrogens with zero attached hydrogens (tertiary/aromatic N) is 3. The fourth-order valence-electron chi connectivity index (χ4n) is 4.90. The molecule has 2 aliphatic rings. The highest BCUT2D eigenvalue weighted by atomic mass is 16.5. The summed E-state index contributed by atoms with van der Waals surface area (Å²) in [7, 11) is 1.53. The van der Waals surface area contributed by atoms with E-state index in [1.165, 1.54) is 12.0 Å². The number of ether oxygens (including phenoxy) is 2. The van der Waals surface area contributed by atoms with E-state index in [9.17, 15) is 14.4 Å². The van der Waals surface area contributed by atoms with Gasteiger partial charge in [0, 0.05) is 29.9 Å². The monoisotopic (exact) mass is 512 g/mol. The van der Waals surface area contributed by atoms with Crippen molar-refractivity contribution in [2.75, 3.05) is 20.4 Å². The number of benzene rings is 2. The molecule has 0 spiro atoms. The van der Waals surface area contributed by atoms with Crippen molar-refractivity contribution < 1.29 is 28.3 Å². The summed E-state index contributed by atoms with van der Waals surface area (Å²) in [6.45, 7) is 0.114. The van der Waals surface area contributed by atoms with E-state index in [0.717, 1.165) is 16.0 Å². The van der Waals surface area contributed by atoms with Crippen LogP contribution in [0.15, 0.2) is 77.5 Å². The maximum Gasteiger partial charge on any atom is 0.327 e. The molecule has 192 valence electrons. The second-order valence-electron chi connectivity index (χ2n) is 9.24. The molecule has 2 aliphatic heterocycles. The fraction of sp³-hybridized carbons (Fsp3) is 0.214. The van der Waals surface area contributed by atoms with E-state index in [2.05, 4.69) is 10.3 Å². The average Bonchev–Trinajstić information content (AvgIpc) is 3.58. The molecular weight excluding hydrogens is 488 g/mol. The van der Waals surface area contributed by atoms with Crippen molar-refractivity contribution in [3.8, 4) is 5.75 Å². The second kappa shape index (κ2) is 9.31. The number of amides is 4. The van der Waals surface area contributed by atoms with Crippen molar-refractivity contribution in [2.24, 2.45) is 0 Å². The Bertz CT molecular complexity index is 1520. The number of imide groups is 1. The third-order valence-corrected chi connectivity index (χ3v) is 6.87. The van der Waals surface area contributed by atoms with Crippen molar-refractivity contribution in [1.82, 2.24) is 20.1 Å².